The van der Waals surface area contributed by atoms with Gasteiger partial charge in [0.15, 0.2) is 11.6 Å². The highest BCUT2D eigenvalue weighted by atomic mass is 32.2. The van der Waals surface area contributed by atoms with E-state index in [-0.39, 0.29) is 12.1 Å². The molecule has 3 atom stereocenters. The summed E-state index contributed by atoms with van der Waals surface area (Å²) in [6.45, 7) is 3.88. The predicted molar refractivity (Wildman–Crippen MR) is 70.9 cm³/mol. The second-order valence-corrected chi connectivity index (χ2v) is 6.08. The average Bonchev–Trinajstić information content (AvgIpc) is 2.30. The lowest BCUT2D eigenvalue weighted by Crippen LogP contribution is -2.30. The Bertz CT molecular complexity index is 425. The van der Waals surface area contributed by atoms with Gasteiger partial charge >= 0.3 is 0 Å². The van der Waals surface area contributed by atoms with Gasteiger partial charge in [0.25, 0.3) is 0 Å². The van der Waals surface area contributed by atoms with E-state index in [0.717, 1.165) is 12.5 Å². The normalized spacial score (nSPS) is 16.3. The molecule has 2 nitrogen and oxygen atoms in total. The summed E-state index contributed by atoms with van der Waals surface area (Å²) in [5, 5.41) is 3.27. The van der Waals surface area contributed by atoms with E-state index in [0.29, 0.717) is 11.3 Å². The van der Waals surface area contributed by atoms with Crippen LogP contribution in [-0.2, 0) is 10.8 Å². The largest absolute Gasteiger partial charge is 0.308 e. The van der Waals surface area contributed by atoms with Gasteiger partial charge in [0.1, 0.15) is 0 Å². The molecule has 1 aromatic rings. The summed E-state index contributed by atoms with van der Waals surface area (Å²) in [6.07, 6.45) is 2.46. The molecular formula is C13H19F2NOS. The van der Waals surface area contributed by atoms with Gasteiger partial charge in [0.2, 0.25) is 0 Å². The molecule has 0 bridgehead atoms. The Morgan fingerprint density at radius 3 is 2.50 bits per heavy atom. The van der Waals surface area contributed by atoms with Crippen LogP contribution in [0.5, 0.6) is 0 Å². The summed E-state index contributed by atoms with van der Waals surface area (Å²) in [7, 11) is -0.802. The zero-order valence-corrected chi connectivity index (χ0v) is 11.7. The number of benzene rings is 1. The highest BCUT2D eigenvalue weighted by molar-refractivity contribution is 7.84. The maximum Gasteiger partial charge on any atom is 0.159 e. The first-order valence-electron chi connectivity index (χ1n) is 5.91. The third-order valence-corrected chi connectivity index (χ3v) is 3.63. The van der Waals surface area contributed by atoms with Crippen LogP contribution in [0.15, 0.2) is 18.2 Å². The Labute approximate surface area is 109 Å². The first-order chi connectivity index (χ1) is 8.40. The van der Waals surface area contributed by atoms with Gasteiger partial charge in [0.05, 0.1) is 0 Å². The second-order valence-electron chi connectivity index (χ2n) is 4.53. The maximum atomic E-state index is 13.1. The van der Waals surface area contributed by atoms with Gasteiger partial charge in [-0.15, -0.1) is 0 Å². The molecule has 0 aromatic heterocycles. The molecule has 0 radical (unpaired) electrons. The van der Waals surface area contributed by atoms with Gasteiger partial charge in [-0.05, 0) is 38.0 Å². The number of rotatable bonds is 6. The summed E-state index contributed by atoms with van der Waals surface area (Å²) < 4.78 is 36.9. The molecular weight excluding hydrogens is 256 g/mol. The van der Waals surface area contributed by atoms with E-state index in [1.54, 1.807) is 12.3 Å². The van der Waals surface area contributed by atoms with E-state index >= 15 is 0 Å². The molecule has 1 N–H and O–H groups in total. The van der Waals surface area contributed by atoms with Crippen molar-refractivity contribution in [3.8, 4) is 0 Å². The summed E-state index contributed by atoms with van der Waals surface area (Å²) in [6, 6.07) is 4.02. The van der Waals surface area contributed by atoms with Crippen molar-refractivity contribution in [2.75, 3.05) is 12.0 Å². The zero-order chi connectivity index (χ0) is 13.7. The fourth-order valence-corrected chi connectivity index (χ4v) is 2.42. The fraction of sp³-hybridized carbons (Fsp3) is 0.538. The smallest absolute Gasteiger partial charge is 0.159 e. The third kappa shape index (κ3) is 4.82. The number of hydrogen-bond acceptors (Lipinski definition) is 2. The van der Waals surface area contributed by atoms with Crippen molar-refractivity contribution in [3.05, 3.63) is 35.4 Å². The van der Waals surface area contributed by atoms with Gasteiger partial charge in [-0.2, -0.15) is 0 Å². The standard InChI is InChI=1S/C13H19F2NOS/c1-9(6-7-18(3)17)16-10(2)11-4-5-12(14)13(15)8-11/h4-5,8-10,16H,6-7H2,1-3H3. The summed E-state index contributed by atoms with van der Waals surface area (Å²) in [5.74, 6) is -1.03. The molecule has 5 heteroatoms. The number of hydrogen-bond donors (Lipinski definition) is 1. The van der Waals surface area contributed by atoms with Crippen molar-refractivity contribution in [1.29, 1.82) is 0 Å². The topological polar surface area (TPSA) is 29.1 Å². The average molecular weight is 275 g/mol. The predicted octanol–water partition coefficient (Wildman–Crippen LogP) is 2.77. The minimum Gasteiger partial charge on any atom is -0.308 e. The minimum atomic E-state index is -0.833. The van der Waals surface area contributed by atoms with E-state index in [9.17, 15) is 13.0 Å². The van der Waals surface area contributed by atoms with Gasteiger partial charge in [-0.25, -0.2) is 8.78 Å². The van der Waals surface area contributed by atoms with Gasteiger partial charge < -0.3 is 5.32 Å². The van der Waals surface area contributed by atoms with E-state index < -0.39 is 22.4 Å². The van der Waals surface area contributed by atoms with E-state index in [1.165, 1.54) is 6.07 Å². The lowest BCUT2D eigenvalue weighted by atomic mass is 10.1. The van der Waals surface area contributed by atoms with Crippen LogP contribution < -0.4 is 5.32 Å². The highest BCUT2D eigenvalue weighted by Crippen LogP contribution is 2.16. The molecule has 0 heterocycles. The van der Waals surface area contributed by atoms with Crippen LogP contribution in [-0.4, -0.2) is 22.3 Å². The van der Waals surface area contributed by atoms with Crippen molar-refractivity contribution in [3.63, 3.8) is 0 Å². The summed E-state index contributed by atoms with van der Waals surface area (Å²) in [4.78, 5) is 0. The molecule has 0 fully saturated rings. The first kappa shape index (κ1) is 15.2. The van der Waals surface area contributed by atoms with Crippen LogP contribution in [0, 0.1) is 11.6 Å². The minimum absolute atomic E-state index is 0.0691. The van der Waals surface area contributed by atoms with Crippen molar-refractivity contribution in [1.82, 2.24) is 5.32 Å². The summed E-state index contributed by atoms with van der Waals surface area (Å²) in [5.41, 5.74) is 0.707. The Balaban J connectivity index is 2.56. The Morgan fingerprint density at radius 1 is 1.28 bits per heavy atom. The van der Waals surface area contributed by atoms with Gasteiger partial charge in [0, 0.05) is 34.9 Å². The molecule has 0 spiro atoms. The molecule has 0 saturated carbocycles. The van der Waals surface area contributed by atoms with Crippen molar-refractivity contribution < 1.29 is 13.0 Å². The summed E-state index contributed by atoms with van der Waals surface area (Å²) >= 11 is 0. The van der Waals surface area contributed by atoms with E-state index in [1.807, 2.05) is 13.8 Å². The second kappa shape index (κ2) is 6.95. The van der Waals surface area contributed by atoms with E-state index in [4.69, 9.17) is 0 Å². The van der Waals surface area contributed by atoms with Gasteiger partial charge in [-0.3, -0.25) is 4.21 Å². The Hall–Kier alpha value is -0.810. The molecule has 0 aliphatic heterocycles. The van der Waals surface area contributed by atoms with Crippen LogP contribution in [0.25, 0.3) is 0 Å². The van der Waals surface area contributed by atoms with Gasteiger partial charge in [-0.1, -0.05) is 6.07 Å². The van der Waals surface area contributed by atoms with Crippen molar-refractivity contribution in [2.24, 2.45) is 0 Å². The lowest BCUT2D eigenvalue weighted by Gasteiger charge is -2.20. The monoisotopic (exact) mass is 275 g/mol. The SMILES string of the molecule is CC(CCS(C)=O)NC(C)c1ccc(F)c(F)c1. The van der Waals surface area contributed by atoms with Crippen LogP contribution in [0.4, 0.5) is 8.78 Å². The molecule has 0 aliphatic carbocycles. The first-order valence-corrected chi connectivity index (χ1v) is 7.64. The fourth-order valence-electron chi connectivity index (χ4n) is 1.73. The third-order valence-electron chi connectivity index (χ3n) is 2.82. The molecule has 18 heavy (non-hydrogen) atoms. The molecule has 3 unspecified atom stereocenters. The molecule has 1 aromatic carbocycles. The number of halogens is 2. The molecule has 1 rings (SSSR count). The quantitative estimate of drug-likeness (QED) is 0.865. The highest BCUT2D eigenvalue weighted by Gasteiger charge is 2.12. The Kier molecular flexibility index (Phi) is 5.88. The van der Waals surface area contributed by atoms with Crippen molar-refractivity contribution >= 4 is 10.8 Å². The zero-order valence-electron chi connectivity index (χ0n) is 10.9. The molecule has 0 saturated heterocycles. The van der Waals surface area contributed by atoms with Crippen LogP contribution in [0.2, 0.25) is 0 Å². The van der Waals surface area contributed by atoms with E-state index in [2.05, 4.69) is 5.32 Å². The maximum absolute atomic E-state index is 13.1. The van der Waals surface area contributed by atoms with Crippen LogP contribution >= 0.6 is 0 Å². The lowest BCUT2D eigenvalue weighted by molar-refractivity contribution is 0.463. The molecule has 0 amide bonds. The Morgan fingerprint density at radius 2 is 1.94 bits per heavy atom. The molecule has 102 valence electrons. The van der Waals surface area contributed by atoms with Crippen molar-refractivity contribution in [2.45, 2.75) is 32.4 Å². The number of nitrogens with one attached hydrogen (secondary N) is 1. The van der Waals surface area contributed by atoms with Crippen LogP contribution in [0.3, 0.4) is 0 Å². The molecule has 0 aliphatic rings. The van der Waals surface area contributed by atoms with Crippen LogP contribution in [0.1, 0.15) is 31.9 Å².